The van der Waals surface area contributed by atoms with Gasteiger partial charge in [0, 0.05) is 6.54 Å². The number of amides is 1. The highest BCUT2D eigenvalue weighted by Crippen LogP contribution is 2.20. The molecule has 24 heavy (non-hydrogen) atoms. The minimum absolute atomic E-state index is 0.109. The number of hydrogen-bond acceptors (Lipinski definition) is 3. The highest BCUT2D eigenvalue weighted by molar-refractivity contribution is 5.83. The van der Waals surface area contributed by atoms with E-state index in [9.17, 15) is 9.18 Å². The zero-order valence-electron chi connectivity index (χ0n) is 14.3. The summed E-state index contributed by atoms with van der Waals surface area (Å²) in [6.45, 7) is 3.01. The average molecular weight is 330 g/mol. The van der Waals surface area contributed by atoms with Crippen LogP contribution in [-0.4, -0.2) is 31.5 Å². The van der Waals surface area contributed by atoms with Crippen molar-refractivity contribution in [3.8, 4) is 5.75 Å². The number of methoxy groups -OCH3 is 1. The molecule has 2 aromatic carbocycles. The third-order valence-corrected chi connectivity index (χ3v) is 3.99. The van der Waals surface area contributed by atoms with Crippen molar-refractivity contribution < 1.29 is 13.9 Å². The average Bonchev–Trinajstić information content (AvgIpc) is 2.61. The molecule has 0 spiro atoms. The summed E-state index contributed by atoms with van der Waals surface area (Å²) in [5, 5.41) is 2.89. The molecular formula is C19H23FN2O2. The Morgan fingerprint density at radius 1 is 1.25 bits per heavy atom. The van der Waals surface area contributed by atoms with Gasteiger partial charge in [0.15, 0.2) is 11.6 Å². The van der Waals surface area contributed by atoms with Crippen molar-refractivity contribution >= 4 is 5.91 Å². The van der Waals surface area contributed by atoms with Crippen LogP contribution >= 0.6 is 0 Å². The van der Waals surface area contributed by atoms with Crippen LogP contribution in [0.4, 0.5) is 4.39 Å². The van der Waals surface area contributed by atoms with Gasteiger partial charge < -0.3 is 10.1 Å². The molecule has 0 aromatic heterocycles. The van der Waals surface area contributed by atoms with Crippen LogP contribution in [-0.2, 0) is 11.3 Å². The minimum atomic E-state index is -0.436. The summed E-state index contributed by atoms with van der Waals surface area (Å²) in [6.07, 6.45) is 0. The number of benzene rings is 2. The first kappa shape index (κ1) is 17.9. The van der Waals surface area contributed by atoms with Crippen LogP contribution in [0.5, 0.6) is 5.75 Å². The Labute approximate surface area is 142 Å². The van der Waals surface area contributed by atoms with Gasteiger partial charge in [-0.1, -0.05) is 43.3 Å². The van der Waals surface area contributed by atoms with Crippen molar-refractivity contribution in [1.29, 1.82) is 0 Å². The van der Waals surface area contributed by atoms with E-state index in [1.165, 1.54) is 13.2 Å². The summed E-state index contributed by atoms with van der Waals surface area (Å²) in [5.74, 6) is -0.353. The highest BCUT2D eigenvalue weighted by atomic mass is 19.1. The van der Waals surface area contributed by atoms with Gasteiger partial charge in [-0.2, -0.15) is 0 Å². The van der Waals surface area contributed by atoms with E-state index in [1.54, 1.807) is 12.1 Å². The first-order chi connectivity index (χ1) is 11.6. The Balaban J connectivity index is 2.09. The molecule has 2 aromatic rings. The maximum absolute atomic E-state index is 13.7. The topological polar surface area (TPSA) is 41.6 Å². The van der Waals surface area contributed by atoms with Gasteiger partial charge in [0.1, 0.15) is 6.04 Å². The van der Waals surface area contributed by atoms with Crippen molar-refractivity contribution in [2.45, 2.75) is 19.5 Å². The third-order valence-electron chi connectivity index (χ3n) is 3.99. The summed E-state index contributed by atoms with van der Waals surface area (Å²) in [4.78, 5) is 14.6. The lowest BCUT2D eigenvalue weighted by Crippen LogP contribution is -2.38. The fraction of sp³-hybridized carbons (Fsp3) is 0.316. The summed E-state index contributed by atoms with van der Waals surface area (Å²) < 4.78 is 18.6. The monoisotopic (exact) mass is 330 g/mol. The summed E-state index contributed by atoms with van der Waals surface area (Å²) in [7, 11) is 3.33. The predicted octanol–water partition coefficient (Wildman–Crippen LogP) is 3.14. The maximum atomic E-state index is 13.7. The number of nitrogens with zero attached hydrogens (tertiary/aromatic N) is 1. The van der Waals surface area contributed by atoms with Crippen LogP contribution in [0.2, 0.25) is 0 Å². The lowest BCUT2D eigenvalue weighted by Gasteiger charge is -2.26. The van der Waals surface area contributed by atoms with E-state index in [4.69, 9.17) is 4.74 Å². The van der Waals surface area contributed by atoms with Crippen molar-refractivity contribution in [1.82, 2.24) is 10.2 Å². The molecule has 0 aliphatic carbocycles. The number of ether oxygens (including phenoxy) is 1. The molecule has 1 unspecified atom stereocenters. The standard InChI is InChI=1S/C19H23FN2O2/c1-4-22(2)18(15-8-6-5-7-9-15)19(23)21-13-14-10-11-17(24-3)16(20)12-14/h5-12,18H,4,13H2,1-3H3,(H,21,23). The molecular weight excluding hydrogens is 307 g/mol. The number of likely N-dealkylation sites (N-methyl/N-ethyl adjacent to an activating group) is 1. The molecule has 0 aliphatic heterocycles. The van der Waals surface area contributed by atoms with Crippen LogP contribution in [0, 0.1) is 5.82 Å². The number of halogens is 1. The summed E-state index contributed by atoms with van der Waals surface area (Å²) in [5.41, 5.74) is 1.62. The Hall–Kier alpha value is -2.40. The van der Waals surface area contributed by atoms with Gasteiger partial charge in [0.05, 0.1) is 7.11 Å². The molecule has 0 saturated heterocycles. The van der Waals surface area contributed by atoms with Gasteiger partial charge >= 0.3 is 0 Å². The van der Waals surface area contributed by atoms with Crippen LogP contribution < -0.4 is 10.1 Å². The van der Waals surface area contributed by atoms with Crippen molar-refractivity contribution in [3.05, 3.63) is 65.5 Å². The van der Waals surface area contributed by atoms with E-state index in [2.05, 4.69) is 5.32 Å². The molecule has 128 valence electrons. The molecule has 2 rings (SSSR count). The Bertz CT molecular complexity index is 676. The SMILES string of the molecule is CCN(C)C(C(=O)NCc1ccc(OC)c(F)c1)c1ccccc1. The molecule has 1 N–H and O–H groups in total. The van der Waals surface area contributed by atoms with Crippen molar-refractivity contribution in [2.24, 2.45) is 0 Å². The van der Waals surface area contributed by atoms with E-state index in [1.807, 2.05) is 49.2 Å². The van der Waals surface area contributed by atoms with Gasteiger partial charge in [-0.15, -0.1) is 0 Å². The van der Waals surface area contributed by atoms with E-state index < -0.39 is 5.82 Å². The number of nitrogens with one attached hydrogen (secondary N) is 1. The highest BCUT2D eigenvalue weighted by Gasteiger charge is 2.23. The largest absolute Gasteiger partial charge is 0.494 e. The van der Waals surface area contributed by atoms with Crippen LogP contribution in [0.15, 0.2) is 48.5 Å². The van der Waals surface area contributed by atoms with Gasteiger partial charge in [-0.05, 0) is 36.9 Å². The van der Waals surface area contributed by atoms with Crippen molar-refractivity contribution in [3.63, 3.8) is 0 Å². The van der Waals surface area contributed by atoms with E-state index in [-0.39, 0.29) is 24.2 Å². The molecule has 0 radical (unpaired) electrons. The normalized spacial score (nSPS) is 12.0. The van der Waals surface area contributed by atoms with E-state index in [0.29, 0.717) is 5.56 Å². The summed E-state index contributed by atoms with van der Waals surface area (Å²) in [6, 6.07) is 13.9. The van der Waals surface area contributed by atoms with Gasteiger partial charge in [-0.3, -0.25) is 9.69 Å². The molecule has 1 atom stereocenters. The Morgan fingerprint density at radius 3 is 2.54 bits per heavy atom. The zero-order valence-corrected chi connectivity index (χ0v) is 14.3. The van der Waals surface area contributed by atoms with Crippen molar-refractivity contribution in [2.75, 3.05) is 20.7 Å². The lowest BCUT2D eigenvalue weighted by atomic mass is 10.0. The second-order valence-electron chi connectivity index (χ2n) is 5.57. The predicted molar refractivity (Wildman–Crippen MR) is 92.3 cm³/mol. The molecule has 0 fully saturated rings. The third kappa shape index (κ3) is 4.32. The minimum Gasteiger partial charge on any atom is -0.494 e. The number of carbonyl (C=O) groups is 1. The molecule has 0 aliphatic rings. The maximum Gasteiger partial charge on any atom is 0.242 e. The number of hydrogen-bond donors (Lipinski definition) is 1. The molecule has 5 heteroatoms. The quantitative estimate of drug-likeness (QED) is 0.848. The van der Waals surface area contributed by atoms with E-state index >= 15 is 0 Å². The van der Waals surface area contributed by atoms with Crippen LogP contribution in [0.1, 0.15) is 24.1 Å². The fourth-order valence-electron chi connectivity index (χ4n) is 2.53. The fourth-order valence-corrected chi connectivity index (χ4v) is 2.53. The summed E-state index contributed by atoms with van der Waals surface area (Å²) >= 11 is 0. The van der Waals surface area contributed by atoms with Gasteiger partial charge in [-0.25, -0.2) is 4.39 Å². The van der Waals surface area contributed by atoms with E-state index in [0.717, 1.165) is 12.1 Å². The molecule has 0 bridgehead atoms. The molecule has 0 heterocycles. The lowest BCUT2D eigenvalue weighted by molar-refractivity contribution is -0.126. The Morgan fingerprint density at radius 2 is 1.96 bits per heavy atom. The van der Waals surface area contributed by atoms with Crippen LogP contribution in [0.25, 0.3) is 0 Å². The first-order valence-corrected chi connectivity index (χ1v) is 7.92. The molecule has 4 nitrogen and oxygen atoms in total. The smallest absolute Gasteiger partial charge is 0.242 e. The van der Waals surface area contributed by atoms with Crippen LogP contribution in [0.3, 0.4) is 0 Å². The second-order valence-corrected chi connectivity index (χ2v) is 5.57. The molecule has 0 saturated carbocycles. The second kappa shape index (κ2) is 8.45. The Kier molecular flexibility index (Phi) is 6.32. The van der Waals surface area contributed by atoms with Gasteiger partial charge in [0.25, 0.3) is 0 Å². The number of rotatable bonds is 7. The molecule has 1 amide bonds. The first-order valence-electron chi connectivity index (χ1n) is 7.92. The number of carbonyl (C=O) groups excluding carboxylic acids is 1. The zero-order chi connectivity index (χ0) is 17.5. The van der Waals surface area contributed by atoms with Gasteiger partial charge in [0.2, 0.25) is 5.91 Å².